The monoisotopic (exact) mass is 295 g/mol. The van der Waals surface area contributed by atoms with Crippen LogP contribution in [0.4, 0.5) is 0 Å². The topological polar surface area (TPSA) is 64.6 Å². The van der Waals surface area contributed by atoms with Crippen LogP contribution in [0, 0.1) is 4.77 Å². The highest BCUT2D eigenvalue weighted by Crippen LogP contribution is 2.24. The van der Waals surface area contributed by atoms with Crippen LogP contribution >= 0.6 is 23.8 Å². The molecule has 0 spiro atoms. The summed E-state index contributed by atoms with van der Waals surface area (Å²) in [4.78, 5) is 0. The lowest BCUT2D eigenvalue weighted by atomic mass is 10.4. The predicted octanol–water partition coefficient (Wildman–Crippen LogP) is 2.64. The molecule has 0 saturated carbocycles. The maximum Gasteiger partial charge on any atom is 0.195 e. The molecule has 0 radical (unpaired) electrons. The van der Waals surface area contributed by atoms with E-state index in [1.54, 1.807) is 28.8 Å². The van der Waals surface area contributed by atoms with Crippen LogP contribution in [0.3, 0.4) is 0 Å². The standard InChI is InChI=1S/C11H10ClN5OS/c1-16-6-8(12)9(15-16)10-13-14-11(19)17(10)5-7-3-2-4-18-7/h2-4,6H,5H2,1H3,(H,14,19). The van der Waals surface area contributed by atoms with Gasteiger partial charge in [0.2, 0.25) is 0 Å². The van der Waals surface area contributed by atoms with Gasteiger partial charge >= 0.3 is 0 Å². The first-order valence-electron chi connectivity index (χ1n) is 5.52. The van der Waals surface area contributed by atoms with E-state index in [2.05, 4.69) is 15.3 Å². The number of aryl methyl sites for hydroxylation is 1. The smallest absolute Gasteiger partial charge is 0.195 e. The lowest BCUT2D eigenvalue weighted by molar-refractivity contribution is 0.493. The van der Waals surface area contributed by atoms with Crippen LogP contribution in [-0.4, -0.2) is 24.5 Å². The largest absolute Gasteiger partial charge is 0.467 e. The van der Waals surface area contributed by atoms with Gasteiger partial charge in [-0.15, -0.1) is 0 Å². The van der Waals surface area contributed by atoms with E-state index in [4.69, 9.17) is 28.2 Å². The van der Waals surface area contributed by atoms with Crippen LogP contribution in [-0.2, 0) is 13.6 Å². The molecule has 98 valence electrons. The van der Waals surface area contributed by atoms with E-state index in [1.807, 2.05) is 12.1 Å². The molecule has 6 nitrogen and oxygen atoms in total. The minimum Gasteiger partial charge on any atom is -0.467 e. The lowest BCUT2D eigenvalue weighted by Crippen LogP contribution is -2.02. The second-order valence-electron chi connectivity index (χ2n) is 4.02. The molecule has 1 N–H and O–H groups in total. The molecule has 3 rings (SSSR count). The third-order valence-electron chi connectivity index (χ3n) is 2.65. The number of aromatic amines is 1. The van der Waals surface area contributed by atoms with Crippen molar-refractivity contribution in [2.75, 3.05) is 0 Å². The molecule has 0 aromatic carbocycles. The Morgan fingerprint density at radius 3 is 3.00 bits per heavy atom. The normalized spacial score (nSPS) is 11.1. The van der Waals surface area contributed by atoms with Gasteiger partial charge in [0.05, 0.1) is 17.8 Å². The van der Waals surface area contributed by atoms with E-state index in [0.29, 0.717) is 27.9 Å². The Morgan fingerprint density at radius 2 is 2.37 bits per heavy atom. The van der Waals surface area contributed by atoms with E-state index in [9.17, 15) is 0 Å². The predicted molar refractivity (Wildman–Crippen MR) is 72.4 cm³/mol. The molecule has 3 aromatic heterocycles. The van der Waals surface area contributed by atoms with Crippen LogP contribution in [0.2, 0.25) is 5.02 Å². The van der Waals surface area contributed by atoms with Crippen molar-refractivity contribution in [2.45, 2.75) is 6.54 Å². The third-order valence-corrected chi connectivity index (χ3v) is 3.24. The summed E-state index contributed by atoms with van der Waals surface area (Å²) in [5.41, 5.74) is 0.586. The number of furan rings is 1. The van der Waals surface area contributed by atoms with Gasteiger partial charge in [0.25, 0.3) is 0 Å². The zero-order chi connectivity index (χ0) is 13.4. The molecule has 3 aromatic rings. The first kappa shape index (κ1) is 12.2. The Morgan fingerprint density at radius 1 is 1.53 bits per heavy atom. The Balaban J connectivity index is 2.08. The van der Waals surface area contributed by atoms with Crippen LogP contribution in [0.5, 0.6) is 0 Å². The van der Waals surface area contributed by atoms with Crippen molar-refractivity contribution >= 4 is 23.8 Å². The molecule has 0 aliphatic rings. The lowest BCUT2D eigenvalue weighted by Gasteiger charge is -2.02. The summed E-state index contributed by atoms with van der Waals surface area (Å²) in [6, 6.07) is 3.70. The maximum absolute atomic E-state index is 6.13. The van der Waals surface area contributed by atoms with E-state index in [1.165, 1.54) is 0 Å². The highest BCUT2D eigenvalue weighted by atomic mass is 35.5. The maximum atomic E-state index is 6.13. The number of halogens is 1. The summed E-state index contributed by atoms with van der Waals surface area (Å²) in [7, 11) is 1.80. The van der Waals surface area contributed by atoms with Crippen molar-refractivity contribution in [1.29, 1.82) is 0 Å². The minimum absolute atomic E-state index is 0.477. The SMILES string of the molecule is Cn1cc(Cl)c(-c2n[nH]c(=S)n2Cc2ccco2)n1. The van der Waals surface area contributed by atoms with Gasteiger partial charge in [0, 0.05) is 13.2 Å². The fourth-order valence-corrected chi connectivity index (χ4v) is 2.27. The van der Waals surface area contributed by atoms with Gasteiger partial charge in [-0.05, 0) is 24.4 Å². The number of nitrogens with zero attached hydrogens (tertiary/aromatic N) is 4. The van der Waals surface area contributed by atoms with Gasteiger partial charge in [-0.3, -0.25) is 14.3 Å². The second-order valence-corrected chi connectivity index (χ2v) is 4.81. The molecule has 0 atom stereocenters. The van der Waals surface area contributed by atoms with Crippen molar-refractivity contribution in [3.63, 3.8) is 0 Å². The molecule has 3 heterocycles. The van der Waals surface area contributed by atoms with Crippen LogP contribution in [0.25, 0.3) is 11.5 Å². The number of H-pyrrole nitrogens is 1. The first-order valence-corrected chi connectivity index (χ1v) is 6.31. The summed E-state index contributed by atoms with van der Waals surface area (Å²) in [5.74, 6) is 1.37. The molecule has 8 heteroatoms. The quantitative estimate of drug-likeness (QED) is 0.755. The summed E-state index contributed by atoms with van der Waals surface area (Å²) in [6.07, 6.45) is 3.33. The Hall–Kier alpha value is -1.86. The Kier molecular flexibility index (Phi) is 3.00. The third kappa shape index (κ3) is 2.22. The molecular formula is C11H10ClN5OS. The number of nitrogens with one attached hydrogen (secondary N) is 1. The van der Waals surface area contributed by atoms with Gasteiger partial charge in [0.15, 0.2) is 10.6 Å². The number of rotatable bonds is 3. The van der Waals surface area contributed by atoms with Gasteiger partial charge < -0.3 is 4.42 Å². The molecule has 0 bridgehead atoms. The van der Waals surface area contributed by atoms with E-state index in [-0.39, 0.29) is 0 Å². The van der Waals surface area contributed by atoms with Crippen LogP contribution in [0.1, 0.15) is 5.76 Å². The van der Waals surface area contributed by atoms with Crippen molar-refractivity contribution in [2.24, 2.45) is 7.05 Å². The molecule has 19 heavy (non-hydrogen) atoms. The molecule has 0 fully saturated rings. The Labute approximate surface area is 118 Å². The molecule has 0 unspecified atom stereocenters. The molecular weight excluding hydrogens is 286 g/mol. The summed E-state index contributed by atoms with van der Waals surface area (Å²) < 4.78 is 9.24. The zero-order valence-corrected chi connectivity index (χ0v) is 11.6. The van der Waals surface area contributed by atoms with Crippen LogP contribution in [0.15, 0.2) is 29.0 Å². The second kappa shape index (κ2) is 4.67. The minimum atomic E-state index is 0.477. The average Bonchev–Trinajstić information content (AvgIpc) is 3.05. The average molecular weight is 296 g/mol. The van der Waals surface area contributed by atoms with E-state index < -0.39 is 0 Å². The fourth-order valence-electron chi connectivity index (χ4n) is 1.81. The Bertz CT molecular complexity index is 754. The highest BCUT2D eigenvalue weighted by Gasteiger charge is 2.16. The van der Waals surface area contributed by atoms with Gasteiger partial charge in [0.1, 0.15) is 11.5 Å². The van der Waals surface area contributed by atoms with E-state index in [0.717, 1.165) is 5.76 Å². The number of hydrogen-bond donors (Lipinski definition) is 1. The summed E-state index contributed by atoms with van der Waals surface area (Å²) >= 11 is 11.4. The van der Waals surface area contributed by atoms with Crippen molar-refractivity contribution in [3.05, 3.63) is 40.1 Å². The molecule has 0 aliphatic carbocycles. The molecule has 0 saturated heterocycles. The first-order chi connectivity index (χ1) is 9.15. The number of aromatic nitrogens is 5. The molecule has 0 amide bonds. The van der Waals surface area contributed by atoms with Gasteiger partial charge in [-0.25, -0.2) is 0 Å². The zero-order valence-electron chi connectivity index (χ0n) is 10.00. The summed E-state index contributed by atoms with van der Waals surface area (Å²) in [5, 5.41) is 11.7. The van der Waals surface area contributed by atoms with Gasteiger partial charge in [-0.2, -0.15) is 10.2 Å². The van der Waals surface area contributed by atoms with Crippen LogP contribution < -0.4 is 0 Å². The number of hydrogen-bond acceptors (Lipinski definition) is 4. The molecule has 0 aliphatic heterocycles. The summed E-state index contributed by atoms with van der Waals surface area (Å²) in [6.45, 7) is 0.477. The van der Waals surface area contributed by atoms with Crippen molar-refractivity contribution in [1.82, 2.24) is 24.5 Å². The highest BCUT2D eigenvalue weighted by molar-refractivity contribution is 7.71. The van der Waals surface area contributed by atoms with Crippen molar-refractivity contribution < 1.29 is 4.42 Å². The van der Waals surface area contributed by atoms with Gasteiger partial charge in [-0.1, -0.05) is 11.6 Å². The van der Waals surface area contributed by atoms with Crippen molar-refractivity contribution in [3.8, 4) is 11.5 Å². The van der Waals surface area contributed by atoms with E-state index >= 15 is 0 Å². The fraction of sp³-hybridized carbons (Fsp3) is 0.182.